The van der Waals surface area contributed by atoms with Gasteiger partial charge in [0.2, 0.25) is 0 Å². The van der Waals surface area contributed by atoms with Crippen LogP contribution in [-0.4, -0.2) is 21.2 Å². The van der Waals surface area contributed by atoms with Crippen LogP contribution in [0.2, 0.25) is 0 Å². The summed E-state index contributed by atoms with van der Waals surface area (Å²) >= 11 is 2.07. The second-order valence-electron chi connectivity index (χ2n) is 3.70. The summed E-state index contributed by atoms with van der Waals surface area (Å²) in [5.74, 6) is 0.477. The molecule has 100 valence electrons. The van der Waals surface area contributed by atoms with Crippen LogP contribution in [0.3, 0.4) is 0 Å². The first-order chi connectivity index (χ1) is 9.10. The lowest BCUT2D eigenvalue weighted by Crippen LogP contribution is -2.01. The molecule has 0 aliphatic heterocycles. The van der Waals surface area contributed by atoms with E-state index in [1.165, 1.54) is 12.1 Å². The Morgan fingerprint density at radius 1 is 1.53 bits per heavy atom. The number of carbonyl (C=O) groups is 1. The average molecular weight is 374 g/mol. The van der Waals surface area contributed by atoms with Crippen LogP contribution in [0.5, 0.6) is 5.75 Å². The van der Waals surface area contributed by atoms with Crippen molar-refractivity contribution in [1.29, 1.82) is 0 Å². The van der Waals surface area contributed by atoms with Crippen LogP contribution < -0.4 is 4.74 Å². The summed E-state index contributed by atoms with van der Waals surface area (Å²) in [7, 11) is 0. The fourth-order valence-corrected chi connectivity index (χ4v) is 1.87. The van der Waals surface area contributed by atoms with Gasteiger partial charge in [-0.25, -0.2) is 4.79 Å². The fourth-order valence-electron chi connectivity index (χ4n) is 1.38. The van der Waals surface area contributed by atoms with Crippen LogP contribution in [-0.2, 0) is 13.0 Å². The van der Waals surface area contributed by atoms with Crippen LogP contribution in [0.1, 0.15) is 29.0 Å². The van der Waals surface area contributed by atoms with E-state index in [4.69, 9.17) is 14.4 Å². The molecule has 1 aromatic heterocycles. The molecule has 1 N–H and O–H groups in total. The topological polar surface area (TPSA) is 85.5 Å². The number of rotatable bonds is 5. The highest BCUT2D eigenvalue weighted by Crippen LogP contribution is 2.23. The highest BCUT2D eigenvalue weighted by molar-refractivity contribution is 14.1. The molecule has 1 heterocycles. The number of aromatic nitrogens is 2. The third-order valence-corrected chi connectivity index (χ3v) is 3.25. The molecular formula is C12H11IN2O4. The standard InChI is InChI=1S/C12H11IN2O4/c1-2-10-14-11(19-15-10)6-18-9-5-7(12(16)17)3-4-8(9)13/h3-5H,2,6H2,1H3,(H,16,17). The Morgan fingerprint density at radius 3 is 2.95 bits per heavy atom. The fraction of sp³-hybridized carbons (Fsp3) is 0.250. The van der Waals surface area contributed by atoms with Gasteiger partial charge in [0.25, 0.3) is 5.89 Å². The molecule has 0 fully saturated rings. The van der Waals surface area contributed by atoms with Gasteiger partial charge in [-0.1, -0.05) is 12.1 Å². The molecule has 0 saturated carbocycles. The lowest BCUT2D eigenvalue weighted by molar-refractivity contribution is 0.0696. The van der Waals surface area contributed by atoms with Crippen molar-refractivity contribution >= 4 is 28.6 Å². The summed E-state index contributed by atoms with van der Waals surface area (Å²) in [4.78, 5) is 15.0. The summed E-state index contributed by atoms with van der Waals surface area (Å²) in [5.41, 5.74) is 0.176. The molecule has 0 atom stereocenters. The van der Waals surface area contributed by atoms with Gasteiger partial charge in [0.05, 0.1) is 9.13 Å². The molecular weight excluding hydrogens is 363 g/mol. The van der Waals surface area contributed by atoms with Gasteiger partial charge in [-0.05, 0) is 40.8 Å². The van der Waals surface area contributed by atoms with E-state index in [2.05, 4.69) is 32.7 Å². The number of benzene rings is 1. The normalized spacial score (nSPS) is 10.4. The maximum absolute atomic E-state index is 10.9. The van der Waals surface area contributed by atoms with Gasteiger partial charge in [0.15, 0.2) is 12.4 Å². The number of hydrogen-bond acceptors (Lipinski definition) is 5. The Bertz CT molecular complexity index is 597. The molecule has 0 spiro atoms. The number of hydrogen-bond donors (Lipinski definition) is 1. The third kappa shape index (κ3) is 3.43. The SMILES string of the molecule is CCc1noc(COc2cc(C(=O)O)ccc2I)n1. The van der Waals surface area contributed by atoms with Crippen molar-refractivity contribution in [2.45, 2.75) is 20.0 Å². The van der Waals surface area contributed by atoms with Gasteiger partial charge in [-0.3, -0.25) is 0 Å². The molecule has 19 heavy (non-hydrogen) atoms. The van der Waals surface area contributed by atoms with Crippen LogP contribution in [0.25, 0.3) is 0 Å². The number of ether oxygens (including phenoxy) is 1. The predicted molar refractivity (Wildman–Crippen MR) is 74.1 cm³/mol. The van der Waals surface area contributed by atoms with Crippen molar-refractivity contribution in [1.82, 2.24) is 10.1 Å². The number of carboxylic acids is 1. The molecule has 0 bridgehead atoms. The Balaban J connectivity index is 2.10. The van der Waals surface area contributed by atoms with E-state index in [-0.39, 0.29) is 12.2 Å². The van der Waals surface area contributed by atoms with Crippen molar-refractivity contribution in [2.24, 2.45) is 0 Å². The van der Waals surface area contributed by atoms with E-state index in [9.17, 15) is 4.79 Å². The summed E-state index contributed by atoms with van der Waals surface area (Å²) in [6, 6.07) is 4.69. The van der Waals surface area contributed by atoms with Crippen molar-refractivity contribution < 1.29 is 19.2 Å². The minimum atomic E-state index is -0.993. The smallest absolute Gasteiger partial charge is 0.335 e. The molecule has 6 nitrogen and oxygen atoms in total. The summed E-state index contributed by atoms with van der Waals surface area (Å²) in [6.45, 7) is 2.04. The first-order valence-electron chi connectivity index (χ1n) is 5.57. The molecule has 0 unspecified atom stereocenters. The lowest BCUT2D eigenvalue weighted by atomic mass is 10.2. The Morgan fingerprint density at radius 2 is 2.32 bits per heavy atom. The van der Waals surface area contributed by atoms with Crippen molar-refractivity contribution in [2.75, 3.05) is 0 Å². The first kappa shape index (κ1) is 13.8. The average Bonchev–Trinajstić information content (AvgIpc) is 2.85. The zero-order valence-electron chi connectivity index (χ0n) is 10.1. The summed E-state index contributed by atoms with van der Waals surface area (Å²) < 4.78 is 11.3. The molecule has 7 heteroatoms. The number of carboxylic acid groups (broad SMARTS) is 1. The van der Waals surface area contributed by atoms with Gasteiger partial charge in [0.1, 0.15) is 5.75 Å². The number of aryl methyl sites for hydroxylation is 1. The molecule has 0 amide bonds. The second kappa shape index (κ2) is 6.00. The zero-order valence-corrected chi connectivity index (χ0v) is 12.2. The first-order valence-corrected chi connectivity index (χ1v) is 6.65. The Hall–Kier alpha value is -1.64. The maximum Gasteiger partial charge on any atom is 0.335 e. The maximum atomic E-state index is 10.9. The van der Waals surface area contributed by atoms with Gasteiger partial charge in [-0.2, -0.15) is 4.98 Å². The zero-order chi connectivity index (χ0) is 13.8. The number of aromatic carboxylic acids is 1. The van der Waals surface area contributed by atoms with Crippen molar-refractivity contribution in [3.63, 3.8) is 0 Å². The second-order valence-corrected chi connectivity index (χ2v) is 4.86. The molecule has 2 rings (SSSR count). The Labute approximate surface area is 122 Å². The molecule has 0 aliphatic rings. The van der Waals surface area contributed by atoms with Crippen molar-refractivity contribution in [3.05, 3.63) is 39.0 Å². The van der Waals surface area contributed by atoms with E-state index in [0.717, 1.165) is 3.57 Å². The van der Waals surface area contributed by atoms with E-state index in [1.54, 1.807) is 6.07 Å². The highest BCUT2D eigenvalue weighted by atomic mass is 127. The van der Waals surface area contributed by atoms with Gasteiger partial charge in [-0.15, -0.1) is 0 Å². The van der Waals surface area contributed by atoms with Crippen LogP contribution >= 0.6 is 22.6 Å². The monoisotopic (exact) mass is 374 g/mol. The van der Waals surface area contributed by atoms with E-state index in [0.29, 0.717) is 23.9 Å². The van der Waals surface area contributed by atoms with E-state index < -0.39 is 5.97 Å². The minimum Gasteiger partial charge on any atom is -0.483 e. The van der Waals surface area contributed by atoms with Gasteiger partial charge < -0.3 is 14.4 Å². The molecule has 2 aromatic rings. The number of halogens is 1. The van der Waals surface area contributed by atoms with Crippen molar-refractivity contribution in [3.8, 4) is 5.75 Å². The van der Waals surface area contributed by atoms with Crippen LogP contribution in [0.4, 0.5) is 0 Å². The minimum absolute atomic E-state index is 0.117. The lowest BCUT2D eigenvalue weighted by Gasteiger charge is -2.06. The molecule has 0 saturated heterocycles. The van der Waals surface area contributed by atoms with Gasteiger partial charge >= 0.3 is 5.97 Å². The molecule has 0 aliphatic carbocycles. The quantitative estimate of drug-likeness (QED) is 0.810. The van der Waals surface area contributed by atoms with Crippen LogP contribution in [0.15, 0.2) is 22.7 Å². The molecule has 0 radical (unpaired) electrons. The highest BCUT2D eigenvalue weighted by Gasteiger charge is 2.10. The summed E-state index contributed by atoms with van der Waals surface area (Å²) in [5, 5.41) is 12.7. The number of nitrogens with zero attached hydrogens (tertiary/aromatic N) is 2. The summed E-state index contributed by atoms with van der Waals surface area (Å²) in [6.07, 6.45) is 0.690. The predicted octanol–water partition coefficient (Wildman–Crippen LogP) is 2.51. The molecule has 1 aromatic carbocycles. The van der Waals surface area contributed by atoms with Crippen LogP contribution in [0, 0.1) is 3.57 Å². The largest absolute Gasteiger partial charge is 0.483 e. The Kier molecular flexibility index (Phi) is 4.35. The van der Waals surface area contributed by atoms with E-state index in [1.807, 2.05) is 6.92 Å². The van der Waals surface area contributed by atoms with Gasteiger partial charge in [0, 0.05) is 6.42 Å². The van der Waals surface area contributed by atoms with E-state index >= 15 is 0 Å². The third-order valence-electron chi connectivity index (χ3n) is 2.36.